The first kappa shape index (κ1) is 16.7. The van der Waals surface area contributed by atoms with Gasteiger partial charge in [-0.2, -0.15) is 5.26 Å². The van der Waals surface area contributed by atoms with Gasteiger partial charge in [-0.15, -0.1) is 10.2 Å². The van der Waals surface area contributed by atoms with Gasteiger partial charge < -0.3 is 9.73 Å². The monoisotopic (exact) mass is 351 g/mol. The zero-order chi connectivity index (χ0) is 17.5. The molecule has 0 fully saturated rings. The summed E-state index contributed by atoms with van der Waals surface area (Å²) in [6, 6.07) is 12.5. The number of benzene rings is 1. The number of carbonyl (C=O) groups is 1. The van der Waals surface area contributed by atoms with E-state index in [1.807, 2.05) is 6.07 Å². The number of amides is 1. The minimum Gasteiger partial charge on any atom is -0.411 e. The maximum atomic E-state index is 12.0. The van der Waals surface area contributed by atoms with E-state index >= 15 is 0 Å². The molecular weight excluding hydrogens is 338 g/mol. The molecule has 124 valence electrons. The van der Waals surface area contributed by atoms with Gasteiger partial charge in [0.25, 0.3) is 5.22 Å². The van der Waals surface area contributed by atoms with Crippen LogP contribution in [0.2, 0.25) is 0 Å². The fourth-order valence-corrected chi connectivity index (χ4v) is 2.71. The summed E-state index contributed by atoms with van der Waals surface area (Å²) in [6.45, 7) is 0. The van der Waals surface area contributed by atoms with Crippen LogP contribution >= 0.6 is 11.8 Å². The van der Waals surface area contributed by atoms with Crippen molar-refractivity contribution in [3.05, 3.63) is 54.4 Å². The summed E-state index contributed by atoms with van der Waals surface area (Å²) in [5.41, 5.74) is 1.74. The minimum absolute atomic E-state index is 0.177. The van der Waals surface area contributed by atoms with E-state index in [0.717, 1.165) is 5.56 Å². The molecule has 0 aliphatic carbocycles. The molecule has 0 atom stereocenters. The molecule has 0 aliphatic heterocycles. The van der Waals surface area contributed by atoms with Crippen molar-refractivity contribution in [1.82, 2.24) is 15.2 Å². The van der Waals surface area contributed by atoms with E-state index in [9.17, 15) is 4.79 Å². The van der Waals surface area contributed by atoms with Gasteiger partial charge in [-0.25, -0.2) is 0 Å². The minimum atomic E-state index is -0.177. The SMILES string of the molecule is N#Cc1ccccc1NC(=O)CCSc1nnc(-c2ccncc2)o1. The Hall–Kier alpha value is -3.18. The first-order chi connectivity index (χ1) is 12.3. The number of anilines is 1. The van der Waals surface area contributed by atoms with Crippen molar-refractivity contribution in [3.63, 3.8) is 0 Å². The molecule has 0 saturated heterocycles. The third kappa shape index (κ3) is 4.43. The van der Waals surface area contributed by atoms with Crippen molar-refractivity contribution in [2.75, 3.05) is 11.1 Å². The molecule has 0 aliphatic rings. The molecule has 2 heterocycles. The van der Waals surface area contributed by atoms with E-state index in [4.69, 9.17) is 9.68 Å². The lowest BCUT2D eigenvalue weighted by molar-refractivity contribution is -0.115. The number of nitriles is 1. The summed E-state index contributed by atoms with van der Waals surface area (Å²) in [5, 5.41) is 20.1. The Morgan fingerprint density at radius 2 is 2.00 bits per heavy atom. The number of hydrogen-bond donors (Lipinski definition) is 1. The molecule has 0 unspecified atom stereocenters. The lowest BCUT2D eigenvalue weighted by Crippen LogP contribution is -2.13. The van der Waals surface area contributed by atoms with Crippen molar-refractivity contribution in [2.24, 2.45) is 0 Å². The molecule has 3 rings (SSSR count). The predicted octanol–water partition coefficient (Wildman–Crippen LogP) is 3.12. The molecule has 0 saturated carbocycles. The van der Waals surface area contributed by atoms with Crippen LogP contribution in [0, 0.1) is 11.3 Å². The van der Waals surface area contributed by atoms with E-state index < -0.39 is 0 Å². The molecule has 1 N–H and O–H groups in total. The maximum Gasteiger partial charge on any atom is 0.276 e. The van der Waals surface area contributed by atoms with Gasteiger partial charge in [0.2, 0.25) is 11.8 Å². The van der Waals surface area contributed by atoms with Gasteiger partial charge in [-0.3, -0.25) is 9.78 Å². The first-order valence-electron chi connectivity index (χ1n) is 7.42. The van der Waals surface area contributed by atoms with Crippen LogP contribution in [0.1, 0.15) is 12.0 Å². The van der Waals surface area contributed by atoms with Crippen molar-refractivity contribution >= 4 is 23.4 Å². The topological polar surface area (TPSA) is 105 Å². The molecule has 8 heteroatoms. The standard InChI is InChI=1S/C17H13N5O2S/c18-11-13-3-1-2-4-14(13)20-15(23)7-10-25-17-22-21-16(24-17)12-5-8-19-9-6-12/h1-6,8-9H,7,10H2,(H,20,23). The number of para-hydroxylation sites is 1. The Morgan fingerprint density at radius 1 is 1.20 bits per heavy atom. The van der Waals surface area contributed by atoms with E-state index in [2.05, 4.69) is 20.5 Å². The Kier molecular flexibility index (Phi) is 5.39. The van der Waals surface area contributed by atoms with Crippen LogP contribution in [-0.4, -0.2) is 26.8 Å². The van der Waals surface area contributed by atoms with Gasteiger partial charge >= 0.3 is 0 Å². The van der Waals surface area contributed by atoms with Crippen LogP contribution in [0.15, 0.2) is 58.4 Å². The largest absolute Gasteiger partial charge is 0.411 e. The Labute approximate surface area is 148 Å². The van der Waals surface area contributed by atoms with E-state index in [-0.39, 0.29) is 12.3 Å². The van der Waals surface area contributed by atoms with Crippen LogP contribution < -0.4 is 5.32 Å². The van der Waals surface area contributed by atoms with Gasteiger partial charge in [0, 0.05) is 30.1 Å². The Bertz CT molecular complexity index is 905. The number of nitrogens with zero attached hydrogens (tertiary/aromatic N) is 4. The molecule has 7 nitrogen and oxygen atoms in total. The van der Waals surface area contributed by atoms with E-state index in [1.54, 1.807) is 48.8 Å². The molecule has 0 bridgehead atoms. The number of thioether (sulfide) groups is 1. The number of nitrogens with one attached hydrogen (secondary N) is 1. The summed E-state index contributed by atoms with van der Waals surface area (Å²) < 4.78 is 5.54. The lowest BCUT2D eigenvalue weighted by Gasteiger charge is -2.05. The lowest BCUT2D eigenvalue weighted by atomic mass is 10.2. The highest BCUT2D eigenvalue weighted by Gasteiger charge is 2.11. The second-order valence-electron chi connectivity index (χ2n) is 4.91. The van der Waals surface area contributed by atoms with Gasteiger partial charge in [-0.05, 0) is 24.3 Å². The number of rotatable bonds is 6. The summed E-state index contributed by atoms with van der Waals surface area (Å²) in [7, 11) is 0. The number of aromatic nitrogens is 3. The quantitative estimate of drug-likeness (QED) is 0.680. The molecule has 3 aromatic rings. The molecule has 25 heavy (non-hydrogen) atoms. The smallest absolute Gasteiger partial charge is 0.276 e. The highest BCUT2D eigenvalue weighted by atomic mass is 32.2. The fourth-order valence-electron chi connectivity index (χ4n) is 2.01. The van der Waals surface area contributed by atoms with Crippen molar-refractivity contribution in [3.8, 4) is 17.5 Å². The second kappa shape index (κ2) is 8.08. The Morgan fingerprint density at radius 3 is 2.80 bits per heavy atom. The third-order valence-electron chi connectivity index (χ3n) is 3.21. The molecule has 0 spiro atoms. The zero-order valence-electron chi connectivity index (χ0n) is 13.0. The van der Waals surface area contributed by atoms with Crippen molar-refractivity contribution in [1.29, 1.82) is 5.26 Å². The van der Waals surface area contributed by atoms with Crippen molar-refractivity contribution < 1.29 is 9.21 Å². The Balaban J connectivity index is 1.51. The summed E-state index contributed by atoms with van der Waals surface area (Å²) >= 11 is 1.30. The van der Waals surface area contributed by atoms with Gasteiger partial charge in [0.15, 0.2) is 0 Å². The molecule has 0 radical (unpaired) electrons. The van der Waals surface area contributed by atoms with Gasteiger partial charge in [-0.1, -0.05) is 23.9 Å². The molecule has 2 aromatic heterocycles. The van der Waals surface area contributed by atoms with Gasteiger partial charge in [0.1, 0.15) is 6.07 Å². The highest BCUT2D eigenvalue weighted by molar-refractivity contribution is 7.99. The van der Waals surface area contributed by atoms with Crippen LogP contribution in [-0.2, 0) is 4.79 Å². The third-order valence-corrected chi connectivity index (χ3v) is 4.03. The van der Waals surface area contributed by atoms with Crippen LogP contribution in [0.25, 0.3) is 11.5 Å². The van der Waals surface area contributed by atoms with Crippen LogP contribution in [0.4, 0.5) is 5.69 Å². The number of carbonyl (C=O) groups excluding carboxylic acids is 1. The molecule has 1 aromatic carbocycles. The first-order valence-corrected chi connectivity index (χ1v) is 8.40. The van der Waals surface area contributed by atoms with Crippen LogP contribution in [0.3, 0.4) is 0 Å². The highest BCUT2D eigenvalue weighted by Crippen LogP contribution is 2.23. The maximum absolute atomic E-state index is 12.0. The average Bonchev–Trinajstić information content (AvgIpc) is 3.12. The normalized spacial score (nSPS) is 10.2. The van der Waals surface area contributed by atoms with Crippen molar-refractivity contribution in [2.45, 2.75) is 11.6 Å². The predicted molar refractivity (Wildman–Crippen MR) is 92.7 cm³/mol. The summed E-state index contributed by atoms with van der Waals surface area (Å²) in [6.07, 6.45) is 3.56. The fraction of sp³-hybridized carbons (Fsp3) is 0.118. The zero-order valence-corrected chi connectivity index (χ0v) is 13.9. The van der Waals surface area contributed by atoms with Crippen LogP contribution in [0.5, 0.6) is 0 Å². The summed E-state index contributed by atoms with van der Waals surface area (Å²) in [4.78, 5) is 15.9. The van der Waals surface area contributed by atoms with E-state index in [1.165, 1.54) is 11.8 Å². The number of hydrogen-bond acceptors (Lipinski definition) is 7. The second-order valence-corrected chi connectivity index (χ2v) is 5.96. The molecular formula is C17H13N5O2S. The average molecular weight is 351 g/mol. The number of pyridine rings is 1. The van der Waals surface area contributed by atoms with E-state index in [0.29, 0.717) is 28.1 Å². The molecule has 1 amide bonds. The summed E-state index contributed by atoms with van der Waals surface area (Å²) in [5.74, 6) is 0.722. The van der Waals surface area contributed by atoms with Gasteiger partial charge in [0.05, 0.1) is 11.3 Å².